The van der Waals surface area contributed by atoms with Crippen molar-refractivity contribution in [2.75, 3.05) is 6.54 Å². The maximum absolute atomic E-state index is 11.8. The molecule has 19 heavy (non-hydrogen) atoms. The molecule has 5 nitrogen and oxygen atoms in total. The minimum Gasteiger partial charge on any atom is -0.480 e. The van der Waals surface area contributed by atoms with Crippen LogP contribution in [0.25, 0.3) is 0 Å². The molecule has 0 aliphatic heterocycles. The third-order valence-electron chi connectivity index (χ3n) is 2.69. The van der Waals surface area contributed by atoms with Crippen molar-refractivity contribution in [3.63, 3.8) is 0 Å². The van der Waals surface area contributed by atoms with Gasteiger partial charge in [-0.05, 0) is 12.3 Å². The lowest BCUT2D eigenvalue weighted by Crippen LogP contribution is -2.49. The number of carbonyl (C=O) groups is 2. The van der Waals surface area contributed by atoms with E-state index in [4.69, 9.17) is 5.11 Å². The molecule has 112 valence electrons. The molecule has 0 fully saturated rings. The van der Waals surface area contributed by atoms with Crippen LogP contribution in [0.5, 0.6) is 0 Å². The van der Waals surface area contributed by atoms with E-state index in [2.05, 4.69) is 10.6 Å². The topological polar surface area (TPSA) is 78.4 Å². The van der Waals surface area contributed by atoms with Gasteiger partial charge in [0.25, 0.3) is 0 Å². The van der Waals surface area contributed by atoms with Gasteiger partial charge in [-0.1, -0.05) is 20.3 Å². The van der Waals surface area contributed by atoms with E-state index in [0.29, 0.717) is 6.42 Å². The largest absolute Gasteiger partial charge is 0.480 e. The number of alkyl halides is 3. The zero-order valence-corrected chi connectivity index (χ0v) is 10.9. The second-order valence-corrected chi connectivity index (χ2v) is 4.32. The molecular formula is C11H19F3N2O3. The second-order valence-electron chi connectivity index (χ2n) is 4.32. The van der Waals surface area contributed by atoms with Crippen LogP contribution >= 0.6 is 0 Å². The van der Waals surface area contributed by atoms with Crippen molar-refractivity contribution in [3.05, 3.63) is 0 Å². The number of hydrogen-bond donors (Lipinski definition) is 3. The van der Waals surface area contributed by atoms with Gasteiger partial charge in [0.15, 0.2) is 0 Å². The van der Waals surface area contributed by atoms with Crippen LogP contribution in [0.15, 0.2) is 0 Å². The molecule has 0 aromatic heterocycles. The first-order valence-corrected chi connectivity index (χ1v) is 6.01. The summed E-state index contributed by atoms with van der Waals surface area (Å²) in [5.41, 5.74) is 0. The molecule has 0 radical (unpaired) electrons. The first-order chi connectivity index (χ1) is 8.67. The molecule has 0 saturated heterocycles. The molecule has 3 N–H and O–H groups in total. The number of halogens is 3. The molecule has 0 saturated carbocycles. The highest BCUT2D eigenvalue weighted by molar-refractivity contribution is 5.82. The summed E-state index contributed by atoms with van der Waals surface area (Å²) >= 11 is 0. The van der Waals surface area contributed by atoms with Gasteiger partial charge >= 0.3 is 18.2 Å². The molecule has 0 aromatic carbocycles. The quantitative estimate of drug-likeness (QED) is 0.627. The third kappa shape index (κ3) is 8.28. The number of carbonyl (C=O) groups excluding carboxylic acids is 1. The van der Waals surface area contributed by atoms with Crippen molar-refractivity contribution in [2.24, 2.45) is 5.92 Å². The van der Waals surface area contributed by atoms with Crippen LogP contribution in [0.2, 0.25) is 0 Å². The van der Waals surface area contributed by atoms with Crippen LogP contribution in [-0.2, 0) is 4.79 Å². The average molecular weight is 284 g/mol. The molecular weight excluding hydrogens is 265 g/mol. The lowest BCUT2D eigenvalue weighted by Gasteiger charge is -2.20. The third-order valence-corrected chi connectivity index (χ3v) is 2.69. The molecule has 0 aliphatic rings. The Balaban J connectivity index is 4.04. The lowest BCUT2D eigenvalue weighted by atomic mass is 9.99. The van der Waals surface area contributed by atoms with Gasteiger partial charge in [0.1, 0.15) is 6.04 Å². The Kier molecular flexibility index (Phi) is 7.25. The van der Waals surface area contributed by atoms with Crippen molar-refractivity contribution in [1.29, 1.82) is 0 Å². The van der Waals surface area contributed by atoms with Crippen molar-refractivity contribution in [1.82, 2.24) is 10.6 Å². The van der Waals surface area contributed by atoms with Crippen LogP contribution in [0.1, 0.15) is 33.1 Å². The van der Waals surface area contributed by atoms with Gasteiger partial charge in [-0.3, -0.25) is 0 Å². The van der Waals surface area contributed by atoms with Crippen LogP contribution in [0.3, 0.4) is 0 Å². The highest BCUT2D eigenvalue weighted by atomic mass is 19.4. The number of amides is 2. The van der Waals surface area contributed by atoms with E-state index in [1.807, 2.05) is 0 Å². The van der Waals surface area contributed by atoms with Crippen molar-refractivity contribution < 1.29 is 27.9 Å². The summed E-state index contributed by atoms with van der Waals surface area (Å²) in [6, 6.07) is -1.82. The summed E-state index contributed by atoms with van der Waals surface area (Å²) in [4.78, 5) is 22.2. The summed E-state index contributed by atoms with van der Waals surface area (Å²) in [7, 11) is 0. The van der Waals surface area contributed by atoms with E-state index < -0.39 is 30.6 Å². The molecule has 2 unspecified atom stereocenters. The minimum absolute atomic E-state index is 0.155. The highest BCUT2D eigenvalue weighted by Gasteiger charge is 2.27. The van der Waals surface area contributed by atoms with E-state index in [-0.39, 0.29) is 18.9 Å². The number of urea groups is 1. The molecule has 0 aromatic rings. The fourth-order valence-corrected chi connectivity index (χ4v) is 1.37. The van der Waals surface area contributed by atoms with Gasteiger partial charge < -0.3 is 15.7 Å². The maximum atomic E-state index is 11.8. The number of carboxylic acids is 1. The minimum atomic E-state index is -4.25. The summed E-state index contributed by atoms with van der Waals surface area (Å²) in [6.45, 7) is 3.30. The molecule has 2 amide bonds. The molecule has 2 atom stereocenters. The van der Waals surface area contributed by atoms with Crippen LogP contribution in [0.4, 0.5) is 18.0 Å². The maximum Gasteiger partial charge on any atom is 0.389 e. The summed E-state index contributed by atoms with van der Waals surface area (Å²) in [5.74, 6) is -1.43. The van der Waals surface area contributed by atoms with Gasteiger partial charge in [0, 0.05) is 13.0 Å². The predicted molar refractivity (Wildman–Crippen MR) is 62.7 cm³/mol. The Morgan fingerprint density at radius 2 is 1.89 bits per heavy atom. The summed E-state index contributed by atoms with van der Waals surface area (Å²) in [6.07, 6.45) is -4.91. The van der Waals surface area contributed by atoms with E-state index in [0.717, 1.165) is 0 Å². The molecule has 8 heteroatoms. The Hall–Kier alpha value is -1.47. The summed E-state index contributed by atoms with van der Waals surface area (Å²) < 4.78 is 35.5. The first kappa shape index (κ1) is 17.5. The smallest absolute Gasteiger partial charge is 0.389 e. The standard InChI is InChI=1S/C11H19F3N2O3/c1-3-7(2)8(9(17)18)16-10(19)15-6-4-5-11(12,13)14/h7-8H,3-6H2,1-2H3,(H,17,18)(H2,15,16,19). The molecule has 0 aliphatic carbocycles. The van der Waals surface area contributed by atoms with Gasteiger partial charge in [-0.25, -0.2) is 9.59 Å². The molecule has 0 bridgehead atoms. The SMILES string of the molecule is CCC(C)C(NC(=O)NCCCC(F)(F)F)C(=O)O. The van der Waals surface area contributed by atoms with E-state index in [1.165, 1.54) is 0 Å². The first-order valence-electron chi connectivity index (χ1n) is 6.01. The Morgan fingerprint density at radius 3 is 2.32 bits per heavy atom. The molecule has 0 spiro atoms. The van der Waals surface area contributed by atoms with Crippen molar-refractivity contribution >= 4 is 12.0 Å². The average Bonchev–Trinajstić information content (AvgIpc) is 2.29. The van der Waals surface area contributed by atoms with Gasteiger partial charge in [0.05, 0.1) is 0 Å². The fourth-order valence-electron chi connectivity index (χ4n) is 1.37. The van der Waals surface area contributed by atoms with Crippen LogP contribution in [0, 0.1) is 5.92 Å². The zero-order valence-electron chi connectivity index (χ0n) is 10.9. The van der Waals surface area contributed by atoms with E-state index >= 15 is 0 Å². The Bertz CT molecular complexity index is 308. The lowest BCUT2D eigenvalue weighted by molar-refractivity contribution is -0.140. The number of carboxylic acid groups (broad SMARTS) is 1. The molecule has 0 rings (SSSR count). The van der Waals surface area contributed by atoms with Crippen molar-refractivity contribution in [3.8, 4) is 0 Å². The fraction of sp³-hybridized carbons (Fsp3) is 0.818. The highest BCUT2D eigenvalue weighted by Crippen LogP contribution is 2.20. The Labute approximate surface area is 109 Å². The predicted octanol–water partition coefficient (Wildman–Crippen LogP) is 2.13. The van der Waals surface area contributed by atoms with Crippen molar-refractivity contribution in [2.45, 2.75) is 45.3 Å². The van der Waals surface area contributed by atoms with E-state index in [9.17, 15) is 22.8 Å². The van der Waals surface area contributed by atoms with E-state index in [1.54, 1.807) is 13.8 Å². The second kappa shape index (κ2) is 7.85. The number of aliphatic carboxylic acids is 1. The van der Waals surface area contributed by atoms with Gasteiger partial charge in [-0.2, -0.15) is 13.2 Å². The molecule has 0 heterocycles. The number of nitrogens with one attached hydrogen (secondary N) is 2. The number of rotatable bonds is 7. The zero-order chi connectivity index (χ0) is 15.1. The Morgan fingerprint density at radius 1 is 1.32 bits per heavy atom. The van der Waals surface area contributed by atoms with Gasteiger partial charge in [0.2, 0.25) is 0 Å². The van der Waals surface area contributed by atoms with Crippen LogP contribution in [-0.4, -0.2) is 35.9 Å². The number of hydrogen-bond acceptors (Lipinski definition) is 2. The normalized spacial score (nSPS) is 14.6. The van der Waals surface area contributed by atoms with Crippen LogP contribution < -0.4 is 10.6 Å². The monoisotopic (exact) mass is 284 g/mol. The summed E-state index contributed by atoms with van der Waals surface area (Å²) in [5, 5.41) is 13.4. The van der Waals surface area contributed by atoms with Gasteiger partial charge in [-0.15, -0.1) is 0 Å².